The number of methoxy groups -OCH3 is 1. The van der Waals surface area contributed by atoms with Gasteiger partial charge in [-0.15, -0.1) is 0 Å². The zero-order valence-electron chi connectivity index (χ0n) is 12.7. The molecular formula is C16H21ClN2O3. The Bertz CT molecular complexity index is 558. The first-order valence-corrected chi connectivity index (χ1v) is 7.96. The highest BCUT2D eigenvalue weighted by atomic mass is 35.5. The number of rotatable bonds is 6. The van der Waals surface area contributed by atoms with Gasteiger partial charge >= 0.3 is 0 Å². The van der Waals surface area contributed by atoms with Crippen LogP contribution in [0.25, 0.3) is 0 Å². The summed E-state index contributed by atoms with van der Waals surface area (Å²) in [5.74, 6) is 0.657. The molecule has 0 radical (unpaired) electrons. The van der Waals surface area contributed by atoms with E-state index in [4.69, 9.17) is 21.1 Å². The number of halogens is 1. The van der Waals surface area contributed by atoms with E-state index in [1.54, 1.807) is 19.2 Å². The summed E-state index contributed by atoms with van der Waals surface area (Å²) in [6.45, 7) is 2.81. The van der Waals surface area contributed by atoms with Gasteiger partial charge in [0.05, 0.1) is 17.3 Å². The third-order valence-corrected chi connectivity index (χ3v) is 4.84. The summed E-state index contributed by atoms with van der Waals surface area (Å²) in [6.07, 6.45) is 2.05. The Kier molecular flexibility index (Phi) is 4.57. The minimum atomic E-state index is 0.0579. The van der Waals surface area contributed by atoms with E-state index in [0.717, 1.165) is 25.9 Å². The molecule has 1 amide bonds. The van der Waals surface area contributed by atoms with Crippen molar-refractivity contribution >= 4 is 23.2 Å². The van der Waals surface area contributed by atoms with Crippen molar-refractivity contribution in [3.8, 4) is 5.75 Å². The summed E-state index contributed by atoms with van der Waals surface area (Å²) >= 11 is 6.18. The average molecular weight is 325 g/mol. The lowest BCUT2D eigenvalue weighted by atomic mass is 10.0. The van der Waals surface area contributed by atoms with Gasteiger partial charge in [-0.05, 0) is 36.9 Å². The molecule has 2 fully saturated rings. The number of benzene rings is 1. The van der Waals surface area contributed by atoms with Crippen LogP contribution in [0.4, 0.5) is 5.69 Å². The normalized spacial score (nSPS) is 26.2. The predicted octanol–water partition coefficient (Wildman–Crippen LogP) is 2.30. The molecule has 5 nitrogen and oxygen atoms in total. The molecular weight excluding hydrogens is 304 g/mol. The summed E-state index contributed by atoms with van der Waals surface area (Å²) in [4.78, 5) is 12.5. The molecule has 1 saturated heterocycles. The minimum Gasteiger partial charge on any atom is -0.487 e. The zero-order valence-corrected chi connectivity index (χ0v) is 13.4. The number of carbonyl (C=O) groups excluding carboxylic acids is 1. The lowest BCUT2D eigenvalue weighted by Gasteiger charge is -2.14. The van der Waals surface area contributed by atoms with E-state index in [1.165, 1.54) is 0 Å². The molecule has 22 heavy (non-hydrogen) atoms. The van der Waals surface area contributed by atoms with Crippen LogP contribution in [0, 0.1) is 11.3 Å². The third kappa shape index (κ3) is 3.07. The van der Waals surface area contributed by atoms with Gasteiger partial charge in [0.25, 0.3) is 0 Å². The van der Waals surface area contributed by atoms with Crippen molar-refractivity contribution < 1.29 is 14.3 Å². The molecule has 0 bridgehead atoms. The van der Waals surface area contributed by atoms with Gasteiger partial charge in [-0.2, -0.15) is 0 Å². The second-order valence-electron chi connectivity index (χ2n) is 5.99. The molecule has 120 valence electrons. The summed E-state index contributed by atoms with van der Waals surface area (Å²) in [5, 5.41) is 6.80. The number of para-hydroxylation sites is 1. The van der Waals surface area contributed by atoms with Crippen LogP contribution in [0.15, 0.2) is 18.2 Å². The van der Waals surface area contributed by atoms with Crippen LogP contribution < -0.4 is 15.4 Å². The molecule has 6 heteroatoms. The molecule has 1 saturated carbocycles. The average Bonchev–Trinajstić information content (AvgIpc) is 3.00. The fourth-order valence-electron chi connectivity index (χ4n) is 3.15. The molecule has 2 atom stereocenters. The van der Waals surface area contributed by atoms with Crippen molar-refractivity contribution in [1.82, 2.24) is 5.32 Å². The molecule has 1 aromatic rings. The van der Waals surface area contributed by atoms with Gasteiger partial charge in [-0.3, -0.25) is 4.79 Å². The van der Waals surface area contributed by atoms with Crippen LogP contribution in [0.1, 0.15) is 12.8 Å². The number of nitrogens with one attached hydrogen (secondary N) is 2. The number of amides is 1. The van der Waals surface area contributed by atoms with Crippen LogP contribution in [-0.2, 0) is 9.53 Å². The fraction of sp³-hybridized carbons (Fsp3) is 0.562. The standard InChI is InChI=1S/C16H21ClN2O3/c1-21-7-8-22-14-12(17)3-2-4-13(14)19-15(20)11-9-16(11)5-6-18-10-16/h2-4,11,18H,5-10H2,1H3,(H,19,20). The molecule has 3 rings (SSSR count). The molecule has 2 aliphatic rings. The maximum absolute atomic E-state index is 12.5. The maximum atomic E-state index is 12.5. The second-order valence-corrected chi connectivity index (χ2v) is 6.40. The number of ether oxygens (including phenoxy) is 2. The van der Waals surface area contributed by atoms with Gasteiger partial charge in [0.15, 0.2) is 5.75 Å². The third-order valence-electron chi connectivity index (χ3n) is 4.54. The maximum Gasteiger partial charge on any atom is 0.228 e. The molecule has 1 aliphatic heterocycles. The first-order chi connectivity index (χ1) is 10.7. The van der Waals surface area contributed by atoms with Crippen LogP contribution in [0.3, 0.4) is 0 Å². The molecule has 2 N–H and O–H groups in total. The number of anilines is 1. The van der Waals surface area contributed by atoms with Crippen molar-refractivity contribution in [3.05, 3.63) is 23.2 Å². The Balaban J connectivity index is 1.67. The van der Waals surface area contributed by atoms with Gasteiger partial charge in [0.2, 0.25) is 5.91 Å². The van der Waals surface area contributed by atoms with Crippen LogP contribution in [0.5, 0.6) is 5.75 Å². The predicted molar refractivity (Wildman–Crippen MR) is 85.5 cm³/mol. The lowest BCUT2D eigenvalue weighted by Crippen LogP contribution is -2.21. The van der Waals surface area contributed by atoms with Crippen molar-refractivity contribution in [2.75, 3.05) is 38.7 Å². The molecule has 1 spiro atoms. The van der Waals surface area contributed by atoms with Crippen molar-refractivity contribution in [1.29, 1.82) is 0 Å². The first kappa shape index (κ1) is 15.6. The van der Waals surface area contributed by atoms with E-state index in [2.05, 4.69) is 10.6 Å². The monoisotopic (exact) mass is 324 g/mol. The highest BCUT2D eigenvalue weighted by Crippen LogP contribution is 2.57. The Hall–Kier alpha value is -1.30. The van der Waals surface area contributed by atoms with Crippen molar-refractivity contribution in [2.45, 2.75) is 12.8 Å². The van der Waals surface area contributed by atoms with Crippen molar-refractivity contribution in [3.63, 3.8) is 0 Å². The number of carbonyl (C=O) groups is 1. The van der Waals surface area contributed by atoms with Gasteiger partial charge in [0, 0.05) is 19.6 Å². The zero-order chi connectivity index (χ0) is 15.6. The van der Waals surface area contributed by atoms with E-state index >= 15 is 0 Å². The van der Waals surface area contributed by atoms with E-state index in [0.29, 0.717) is 29.7 Å². The first-order valence-electron chi connectivity index (χ1n) is 7.58. The number of hydrogen-bond donors (Lipinski definition) is 2. The van der Waals surface area contributed by atoms with E-state index in [-0.39, 0.29) is 17.2 Å². The van der Waals surface area contributed by atoms with Gasteiger partial charge in [-0.25, -0.2) is 0 Å². The van der Waals surface area contributed by atoms with Gasteiger partial charge in [0.1, 0.15) is 6.61 Å². The summed E-state index contributed by atoms with van der Waals surface area (Å²) in [7, 11) is 1.61. The Morgan fingerprint density at radius 2 is 2.36 bits per heavy atom. The van der Waals surface area contributed by atoms with E-state index in [9.17, 15) is 4.79 Å². The molecule has 0 aromatic heterocycles. The van der Waals surface area contributed by atoms with E-state index < -0.39 is 0 Å². The molecule has 1 heterocycles. The molecule has 2 unspecified atom stereocenters. The van der Waals surface area contributed by atoms with Crippen LogP contribution >= 0.6 is 11.6 Å². The highest BCUT2D eigenvalue weighted by Gasteiger charge is 2.59. The lowest BCUT2D eigenvalue weighted by molar-refractivity contribution is -0.118. The largest absolute Gasteiger partial charge is 0.487 e. The summed E-state index contributed by atoms with van der Waals surface area (Å²) in [5.41, 5.74) is 0.807. The highest BCUT2D eigenvalue weighted by molar-refractivity contribution is 6.32. The topological polar surface area (TPSA) is 59.6 Å². The SMILES string of the molecule is COCCOc1c(Cl)cccc1NC(=O)C1CC12CCNC2. The Morgan fingerprint density at radius 3 is 3.09 bits per heavy atom. The quantitative estimate of drug-likeness (QED) is 0.788. The Labute approximate surface area is 135 Å². The minimum absolute atomic E-state index is 0.0579. The van der Waals surface area contributed by atoms with Crippen LogP contribution in [0.2, 0.25) is 5.02 Å². The smallest absolute Gasteiger partial charge is 0.228 e. The number of hydrogen-bond acceptors (Lipinski definition) is 4. The molecule has 1 aliphatic carbocycles. The summed E-state index contributed by atoms with van der Waals surface area (Å²) in [6, 6.07) is 5.37. The second kappa shape index (κ2) is 6.44. The van der Waals surface area contributed by atoms with Gasteiger partial charge in [-0.1, -0.05) is 17.7 Å². The summed E-state index contributed by atoms with van der Waals surface area (Å²) < 4.78 is 10.6. The Morgan fingerprint density at radius 1 is 1.50 bits per heavy atom. The van der Waals surface area contributed by atoms with Crippen LogP contribution in [-0.4, -0.2) is 39.3 Å². The molecule has 1 aromatic carbocycles. The fourth-order valence-corrected chi connectivity index (χ4v) is 3.38. The van der Waals surface area contributed by atoms with Gasteiger partial charge < -0.3 is 20.1 Å². The van der Waals surface area contributed by atoms with Crippen molar-refractivity contribution in [2.24, 2.45) is 11.3 Å². The van der Waals surface area contributed by atoms with E-state index in [1.807, 2.05) is 6.07 Å².